The number of hydrogen-bond donors (Lipinski definition) is 1. The van der Waals surface area contributed by atoms with Crippen LogP contribution >= 0.6 is 34.7 Å². The van der Waals surface area contributed by atoms with E-state index >= 15 is 0 Å². The summed E-state index contributed by atoms with van der Waals surface area (Å²) in [5.41, 5.74) is 0.377. The second-order valence-electron chi connectivity index (χ2n) is 5.59. The fourth-order valence-electron chi connectivity index (χ4n) is 2.21. The van der Waals surface area contributed by atoms with Gasteiger partial charge in [-0.2, -0.15) is 0 Å². The van der Waals surface area contributed by atoms with Crippen LogP contribution < -0.4 is 5.32 Å². The topological polar surface area (TPSA) is 59.8 Å². The summed E-state index contributed by atoms with van der Waals surface area (Å²) in [6, 6.07) is 7.90. The zero-order valence-corrected chi connectivity index (χ0v) is 16.5. The molecule has 1 amide bonds. The number of carbonyl (C=O) groups is 1. The number of thioether (sulfide) groups is 1. The SMILES string of the molecule is CC(Sc1nnc(Cc2cccs2)n1C)C(=O)Nc1ccc(F)cc1Cl. The van der Waals surface area contributed by atoms with E-state index in [0.29, 0.717) is 17.3 Å². The lowest BCUT2D eigenvalue weighted by Crippen LogP contribution is -2.23. The van der Waals surface area contributed by atoms with Crippen LogP contribution in [-0.4, -0.2) is 25.9 Å². The fraction of sp³-hybridized carbons (Fsp3) is 0.235. The fourth-order valence-corrected chi connectivity index (χ4v) is 3.96. The molecule has 0 aliphatic rings. The molecule has 0 fully saturated rings. The van der Waals surface area contributed by atoms with Crippen LogP contribution in [0.3, 0.4) is 0 Å². The lowest BCUT2D eigenvalue weighted by Gasteiger charge is -2.12. The Kier molecular flexibility index (Phi) is 5.95. The van der Waals surface area contributed by atoms with Crippen LogP contribution in [0.15, 0.2) is 40.9 Å². The molecular weight excluding hydrogens is 395 g/mol. The van der Waals surface area contributed by atoms with Crippen molar-refractivity contribution in [2.45, 2.75) is 23.8 Å². The Balaban J connectivity index is 1.64. The second kappa shape index (κ2) is 8.20. The lowest BCUT2D eigenvalue weighted by atomic mass is 10.3. The molecule has 3 rings (SSSR count). The Labute approximate surface area is 163 Å². The Morgan fingerprint density at radius 3 is 2.92 bits per heavy atom. The zero-order chi connectivity index (χ0) is 18.7. The highest BCUT2D eigenvalue weighted by Crippen LogP contribution is 2.26. The highest BCUT2D eigenvalue weighted by molar-refractivity contribution is 8.00. The van der Waals surface area contributed by atoms with Crippen LogP contribution in [0, 0.1) is 5.82 Å². The summed E-state index contributed by atoms with van der Waals surface area (Å²) < 4.78 is 15.0. The van der Waals surface area contributed by atoms with Gasteiger partial charge in [0.15, 0.2) is 5.16 Å². The number of hydrogen-bond acceptors (Lipinski definition) is 5. The summed E-state index contributed by atoms with van der Waals surface area (Å²) in [6.07, 6.45) is 0.702. The van der Waals surface area contributed by atoms with Crippen molar-refractivity contribution in [2.24, 2.45) is 7.05 Å². The van der Waals surface area contributed by atoms with E-state index in [0.717, 1.165) is 11.9 Å². The van der Waals surface area contributed by atoms with Gasteiger partial charge >= 0.3 is 0 Å². The molecule has 136 valence electrons. The molecular formula is C17H16ClFN4OS2. The number of rotatable bonds is 6. The van der Waals surface area contributed by atoms with Crippen molar-refractivity contribution in [3.8, 4) is 0 Å². The van der Waals surface area contributed by atoms with Crippen molar-refractivity contribution in [2.75, 3.05) is 5.32 Å². The maximum Gasteiger partial charge on any atom is 0.237 e. The summed E-state index contributed by atoms with van der Waals surface area (Å²) in [6.45, 7) is 1.77. The van der Waals surface area contributed by atoms with E-state index in [4.69, 9.17) is 11.6 Å². The molecule has 1 aromatic carbocycles. The van der Waals surface area contributed by atoms with Crippen molar-refractivity contribution < 1.29 is 9.18 Å². The summed E-state index contributed by atoms with van der Waals surface area (Å²) in [4.78, 5) is 13.6. The minimum Gasteiger partial charge on any atom is -0.324 e. The molecule has 0 saturated heterocycles. The van der Waals surface area contributed by atoms with Gasteiger partial charge < -0.3 is 9.88 Å². The second-order valence-corrected chi connectivity index (χ2v) is 8.33. The molecule has 0 spiro atoms. The van der Waals surface area contributed by atoms with E-state index in [2.05, 4.69) is 21.6 Å². The van der Waals surface area contributed by atoms with Gasteiger partial charge in [0.05, 0.1) is 16.0 Å². The number of nitrogens with one attached hydrogen (secondary N) is 1. The van der Waals surface area contributed by atoms with Crippen molar-refractivity contribution >= 4 is 46.3 Å². The van der Waals surface area contributed by atoms with Gasteiger partial charge in [0, 0.05) is 18.3 Å². The Bertz CT molecular complexity index is 914. The molecule has 1 unspecified atom stereocenters. The average Bonchev–Trinajstić information content (AvgIpc) is 3.22. The molecule has 0 saturated carbocycles. The molecule has 0 bridgehead atoms. The standard InChI is InChI=1S/C17H16ClFN4OS2/c1-10(16(24)20-14-6-5-11(19)8-13(14)18)26-17-22-21-15(23(17)2)9-12-4-3-7-25-12/h3-8,10H,9H2,1-2H3,(H,20,24). The first-order valence-corrected chi connectivity index (χ1v) is 9.91. The number of carbonyl (C=O) groups excluding carboxylic acids is 1. The first kappa shape index (κ1) is 18.9. The Hall–Kier alpha value is -1.90. The lowest BCUT2D eigenvalue weighted by molar-refractivity contribution is -0.115. The van der Waals surface area contributed by atoms with Crippen molar-refractivity contribution in [1.29, 1.82) is 0 Å². The zero-order valence-electron chi connectivity index (χ0n) is 14.1. The number of nitrogens with zero attached hydrogens (tertiary/aromatic N) is 3. The van der Waals surface area contributed by atoms with E-state index in [1.54, 1.807) is 18.3 Å². The predicted octanol–water partition coefficient (Wildman–Crippen LogP) is 4.38. The first-order valence-electron chi connectivity index (χ1n) is 7.77. The molecule has 9 heteroatoms. The largest absolute Gasteiger partial charge is 0.324 e. The smallest absolute Gasteiger partial charge is 0.237 e. The number of benzene rings is 1. The molecule has 2 aromatic heterocycles. The van der Waals surface area contributed by atoms with E-state index in [1.165, 1.54) is 28.8 Å². The Morgan fingerprint density at radius 1 is 1.42 bits per heavy atom. The quantitative estimate of drug-likeness (QED) is 0.612. The van der Waals surface area contributed by atoms with Gasteiger partial charge in [-0.15, -0.1) is 21.5 Å². The number of thiophene rings is 1. The molecule has 1 N–H and O–H groups in total. The molecule has 2 heterocycles. The van der Waals surface area contributed by atoms with Gasteiger partial charge in [-0.25, -0.2) is 4.39 Å². The van der Waals surface area contributed by atoms with Crippen LogP contribution in [-0.2, 0) is 18.3 Å². The number of anilines is 1. The van der Waals surface area contributed by atoms with E-state index in [9.17, 15) is 9.18 Å². The molecule has 3 aromatic rings. The third-order valence-corrected chi connectivity index (χ3v) is 6.00. The van der Waals surface area contributed by atoms with Crippen LogP contribution in [0.2, 0.25) is 5.02 Å². The predicted molar refractivity (Wildman–Crippen MR) is 103 cm³/mol. The number of amides is 1. The minimum atomic E-state index is -0.451. The third-order valence-electron chi connectivity index (χ3n) is 3.68. The van der Waals surface area contributed by atoms with Crippen LogP contribution in [0.1, 0.15) is 17.6 Å². The van der Waals surface area contributed by atoms with Crippen LogP contribution in [0.25, 0.3) is 0 Å². The molecule has 0 aliphatic carbocycles. The van der Waals surface area contributed by atoms with Crippen molar-refractivity contribution in [1.82, 2.24) is 14.8 Å². The molecule has 26 heavy (non-hydrogen) atoms. The third kappa shape index (κ3) is 4.44. The monoisotopic (exact) mass is 410 g/mol. The maximum atomic E-state index is 13.1. The maximum absolute atomic E-state index is 13.1. The highest BCUT2D eigenvalue weighted by Gasteiger charge is 2.20. The first-order chi connectivity index (χ1) is 12.4. The van der Waals surface area contributed by atoms with Gasteiger partial charge in [0.2, 0.25) is 5.91 Å². The van der Waals surface area contributed by atoms with Crippen molar-refractivity contribution in [3.05, 3.63) is 57.3 Å². The number of halogens is 2. The van der Waals surface area contributed by atoms with Crippen LogP contribution in [0.5, 0.6) is 0 Å². The van der Waals surface area contributed by atoms with Gasteiger partial charge in [0.25, 0.3) is 0 Å². The van der Waals surface area contributed by atoms with E-state index < -0.39 is 11.1 Å². The summed E-state index contributed by atoms with van der Waals surface area (Å²) in [7, 11) is 1.88. The number of aromatic nitrogens is 3. The molecule has 0 radical (unpaired) electrons. The molecule has 0 aliphatic heterocycles. The molecule has 1 atom stereocenters. The minimum absolute atomic E-state index is 0.160. The van der Waals surface area contributed by atoms with E-state index in [-0.39, 0.29) is 10.9 Å². The summed E-state index contributed by atoms with van der Waals surface area (Å²) >= 11 is 8.92. The molecule has 5 nitrogen and oxygen atoms in total. The van der Waals surface area contributed by atoms with Crippen molar-refractivity contribution in [3.63, 3.8) is 0 Å². The Morgan fingerprint density at radius 2 is 2.23 bits per heavy atom. The van der Waals surface area contributed by atoms with Gasteiger partial charge in [0.1, 0.15) is 11.6 Å². The normalized spacial score (nSPS) is 12.2. The van der Waals surface area contributed by atoms with Crippen LogP contribution in [0.4, 0.5) is 10.1 Å². The average molecular weight is 411 g/mol. The van der Waals surface area contributed by atoms with E-state index in [1.807, 2.05) is 23.1 Å². The summed E-state index contributed by atoms with van der Waals surface area (Å²) in [5, 5.41) is 13.5. The van der Waals surface area contributed by atoms with Gasteiger partial charge in [-0.1, -0.05) is 29.4 Å². The van der Waals surface area contributed by atoms with Gasteiger partial charge in [-0.3, -0.25) is 4.79 Å². The van der Waals surface area contributed by atoms with Gasteiger partial charge in [-0.05, 0) is 36.6 Å². The summed E-state index contributed by atoms with van der Waals surface area (Å²) in [5.74, 6) is 0.142. The highest BCUT2D eigenvalue weighted by atomic mass is 35.5.